The molecule has 0 spiro atoms. The van der Waals surface area contributed by atoms with Crippen molar-refractivity contribution in [3.8, 4) is 0 Å². The second kappa shape index (κ2) is 6.56. The summed E-state index contributed by atoms with van der Waals surface area (Å²) in [4.78, 5) is 2.67. The third kappa shape index (κ3) is 3.31. The molecule has 2 rings (SSSR count). The molecule has 0 aromatic heterocycles. The van der Waals surface area contributed by atoms with Crippen LogP contribution in [0.3, 0.4) is 0 Å². The van der Waals surface area contributed by atoms with Crippen molar-refractivity contribution < 1.29 is 8.42 Å². The van der Waals surface area contributed by atoms with Crippen molar-refractivity contribution in [1.82, 2.24) is 10.0 Å². The Kier molecular flexibility index (Phi) is 5.01. The fourth-order valence-electron chi connectivity index (χ4n) is 2.35. The number of nitrogens with one attached hydrogen (secondary N) is 2. The van der Waals surface area contributed by atoms with Crippen molar-refractivity contribution in [2.24, 2.45) is 0 Å². The van der Waals surface area contributed by atoms with Gasteiger partial charge in [-0.1, -0.05) is 13.8 Å². The van der Waals surface area contributed by atoms with E-state index < -0.39 is 10.0 Å². The predicted octanol–water partition coefficient (Wildman–Crippen LogP) is 1.17. The van der Waals surface area contributed by atoms with E-state index in [1.165, 1.54) is 0 Å². The van der Waals surface area contributed by atoms with Crippen molar-refractivity contribution in [1.29, 1.82) is 0 Å². The zero-order valence-corrected chi connectivity index (χ0v) is 12.9. The first-order chi connectivity index (χ1) is 9.58. The van der Waals surface area contributed by atoms with Crippen molar-refractivity contribution in [3.05, 3.63) is 24.3 Å². The third-order valence-electron chi connectivity index (χ3n) is 3.48. The molecule has 1 saturated heterocycles. The first kappa shape index (κ1) is 15.3. The zero-order chi connectivity index (χ0) is 14.6. The SMILES string of the molecule is CCCN(c1ccc(S(=O)(=O)NCC)cc1)C1CNC1. The lowest BCUT2D eigenvalue weighted by Crippen LogP contribution is -2.57. The number of anilines is 1. The molecule has 0 aliphatic carbocycles. The molecule has 1 aliphatic heterocycles. The first-order valence-corrected chi connectivity index (χ1v) is 8.64. The van der Waals surface area contributed by atoms with E-state index in [0.717, 1.165) is 31.7 Å². The Hall–Kier alpha value is -1.11. The normalized spacial score (nSPS) is 15.9. The van der Waals surface area contributed by atoms with E-state index in [1.54, 1.807) is 19.1 Å². The van der Waals surface area contributed by atoms with Gasteiger partial charge < -0.3 is 10.2 Å². The molecule has 1 aromatic carbocycles. The second-order valence-electron chi connectivity index (χ2n) is 5.00. The van der Waals surface area contributed by atoms with Crippen LogP contribution in [0.4, 0.5) is 5.69 Å². The maximum Gasteiger partial charge on any atom is 0.240 e. The molecule has 0 radical (unpaired) electrons. The number of rotatable bonds is 7. The summed E-state index contributed by atoms with van der Waals surface area (Å²) in [6, 6.07) is 7.69. The smallest absolute Gasteiger partial charge is 0.240 e. The average molecular weight is 297 g/mol. The molecule has 0 saturated carbocycles. The minimum Gasteiger partial charge on any atom is -0.366 e. The minimum absolute atomic E-state index is 0.325. The average Bonchev–Trinajstić information content (AvgIpc) is 2.36. The van der Waals surface area contributed by atoms with Crippen LogP contribution in [0.2, 0.25) is 0 Å². The molecule has 0 atom stereocenters. The van der Waals surface area contributed by atoms with Gasteiger partial charge in [0.25, 0.3) is 0 Å². The number of hydrogen-bond donors (Lipinski definition) is 2. The van der Waals surface area contributed by atoms with Gasteiger partial charge in [0.15, 0.2) is 0 Å². The Balaban J connectivity index is 2.17. The van der Waals surface area contributed by atoms with E-state index in [0.29, 0.717) is 17.5 Å². The summed E-state index contributed by atoms with van der Waals surface area (Å²) in [7, 11) is -3.36. The Bertz CT molecular complexity index is 524. The number of nitrogens with zero attached hydrogens (tertiary/aromatic N) is 1. The van der Waals surface area contributed by atoms with E-state index in [9.17, 15) is 8.42 Å². The van der Waals surface area contributed by atoms with Gasteiger partial charge in [-0.2, -0.15) is 0 Å². The fourth-order valence-corrected chi connectivity index (χ4v) is 3.39. The lowest BCUT2D eigenvalue weighted by molar-refractivity contribution is 0.412. The van der Waals surface area contributed by atoms with Crippen molar-refractivity contribution in [2.75, 3.05) is 31.1 Å². The molecule has 0 bridgehead atoms. The third-order valence-corrected chi connectivity index (χ3v) is 5.04. The molecular weight excluding hydrogens is 274 g/mol. The molecule has 1 aromatic rings. The highest BCUT2D eigenvalue weighted by molar-refractivity contribution is 7.89. The van der Waals surface area contributed by atoms with Gasteiger partial charge in [0.2, 0.25) is 10.0 Å². The summed E-state index contributed by atoms with van der Waals surface area (Å²) in [5, 5.41) is 3.27. The molecule has 112 valence electrons. The zero-order valence-electron chi connectivity index (χ0n) is 12.1. The second-order valence-corrected chi connectivity index (χ2v) is 6.77. The maximum absolute atomic E-state index is 11.9. The minimum atomic E-state index is -3.36. The van der Waals surface area contributed by atoms with Crippen LogP contribution in [0.5, 0.6) is 0 Å². The van der Waals surface area contributed by atoms with E-state index >= 15 is 0 Å². The number of hydrogen-bond acceptors (Lipinski definition) is 4. The van der Waals surface area contributed by atoms with Gasteiger partial charge in [0.1, 0.15) is 0 Å². The highest BCUT2D eigenvalue weighted by Crippen LogP contribution is 2.21. The molecule has 1 aliphatic rings. The van der Waals surface area contributed by atoms with Crippen LogP contribution in [0.25, 0.3) is 0 Å². The van der Waals surface area contributed by atoms with Gasteiger partial charge in [-0.25, -0.2) is 13.1 Å². The van der Waals surface area contributed by atoms with E-state index in [4.69, 9.17) is 0 Å². The van der Waals surface area contributed by atoms with Gasteiger partial charge in [-0.05, 0) is 30.7 Å². The molecule has 0 amide bonds. The summed E-state index contributed by atoms with van der Waals surface area (Å²) < 4.78 is 26.3. The summed E-state index contributed by atoms with van der Waals surface area (Å²) in [5.74, 6) is 0. The summed E-state index contributed by atoms with van der Waals surface area (Å²) in [6.45, 7) is 7.32. The summed E-state index contributed by atoms with van der Waals surface area (Å²) >= 11 is 0. The molecule has 1 fully saturated rings. The molecule has 6 heteroatoms. The first-order valence-electron chi connectivity index (χ1n) is 7.15. The van der Waals surface area contributed by atoms with Gasteiger partial charge in [0, 0.05) is 31.9 Å². The Labute approximate surface area is 121 Å². The Morgan fingerprint density at radius 3 is 2.35 bits per heavy atom. The van der Waals surface area contributed by atoms with Crippen LogP contribution in [0.15, 0.2) is 29.2 Å². The van der Waals surface area contributed by atoms with E-state index in [-0.39, 0.29) is 0 Å². The van der Waals surface area contributed by atoms with Crippen LogP contribution in [-0.2, 0) is 10.0 Å². The number of benzene rings is 1. The molecule has 20 heavy (non-hydrogen) atoms. The number of sulfonamides is 1. The largest absolute Gasteiger partial charge is 0.366 e. The van der Waals surface area contributed by atoms with Gasteiger partial charge in [-0.3, -0.25) is 0 Å². The molecule has 1 heterocycles. The summed E-state index contributed by atoms with van der Waals surface area (Å²) in [6.07, 6.45) is 1.08. The molecule has 0 unspecified atom stereocenters. The van der Waals surface area contributed by atoms with Gasteiger partial charge >= 0.3 is 0 Å². The monoisotopic (exact) mass is 297 g/mol. The van der Waals surface area contributed by atoms with E-state index in [1.807, 2.05) is 12.1 Å². The van der Waals surface area contributed by atoms with E-state index in [2.05, 4.69) is 21.9 Å². The lowest BCUT2D eigenvalue weighted by atomic mass is 10.1. The summed E-state index contributed by atoms with van der Waals surface area (Å²) in [5.41, 5.74) is 1.09. The van der Waals surface area contributed by atoms with Crippen LogP contribution < -0.4 is 14.9 Å². The van der Waals surface area contributed by atoms with Crippen LogP contribution >= 0.6 is 0 Å². The highest BCUT2D eigenvalue weighted by Gasteiger charge is 2.24. The quantitative estimate of drug-likeness (QED) is 0.793. The maximum atomic E-state index is 11.9. The van der Waals surface area contributed by atoms with Crippen molar-refractivity contribution >= 4 is 15.7 Å². The van der Waals surface area contributed by atoms with Crippen molar-refractivity contribution in [3.63, 3.8) is 0 Å². The standard InChI is InChI=1S/C14H23N3O2S/c1-3-9-17(13-10-15-11-13)12-5-7-14(8-6-12)20(18,19)16-4-2/h5-8,13,15-16H,3-4,9-11H2,1-2H3. The highest BCUT2D eigenvalue weighted by atomic mass is 32.2. The Morgan fingerprint density at radius 2 is 1.90 bits per heavy atom. The van der Waals surface area contributed by atoms with Crippen LogP contribution in [0.1, 0.15) is 20.3 Å². The van der Waals surface area contributed by atoms with Gasteiger partial charge in [-0.15, -0.1) is 0 Å². The van der Waals surface area contributed by atoms with Crippen LogP contribution in [0, 0.1) is 0 Å². The molecular formula is C14H23N3O2S. The van der Waals surface area contributed by atoms with Crippen molar-refractivity contribution in [2.45, 2.75) is 31.2 Å². The Morgan fingerprint density at radius 1 is 1.25 bits per heavy atom. The van der Waals surface area contributed by atoms with Crippen LogP contribution in [-0.4, -0.2) is 40.6 Å². The molecule has 2 N–H and O–H groups in total. The topological polar surface area (TPSA) is 61.4 Å². The lowest BCUT2D eigenvalue weighted by Gasteiger charge is -2.39. The van der Waals surface area contributed by atoms with Gasteiger partial charge in [0.05, 0.1) is 10.9 Å². The fraction of sp³-hybridized carbons (Fsp3) is 0.571. The molecule has 5 nitrogen and oxygen atoms in total. The predicted molar refractivity (Wildman–Crippen MR) is 81.6 cm³/mol.